The van der Waals surface area contributed by atoms with E-state index in [4.69, 9.17) is 4.98 Å². The summed E-state index contributed by atoms with van der Waals surface area (Å²) < 4.78 is 0. The molecule has 1 aliphatic rings. The Hall–Kier alpha value is -1.16. The summed E-state index contributed by atoms with van der Waals surface area (Å²) in [6, 6.07) is 0. The SMILES string of the molecule is CC(C)CNCc1cncc(N2CC(C)CC(C)C2)n1. The summed E-state index contributed by atoms with van der Waals surface area (Å²) in [6.07, 6.45) is 5.09. The Morgan fingerprint density at radius 2 is 1.95 bits per heavy atom. The molecule has 2 atom stereocenters. The number of nitrogens with one attached hydrogen (secondary N) is 1. The zero-order valence-electron chi connectivity index (χ0n) is 13.3. The van der Waals surface area contributed by atoms with Crippen LogP contribution < -0.4 is 10.2 Å². The highest BCUT2D eigenvalue weighted by atomic mass is 15.2. The highest BCUT2D eigenvalue weighted by Crippen LogP contribution is 2.24. The molecule has 1 N–H and O–H groups in total. The third-order valence-corrected chi connectivity index (χ3v) is 3.72. The first-order valence-corrected chi connectivity index (χ1v) is 7.81. The lowest BCUT2D eigenvalue weighted by molar-refractivity contribution is 0.355. The van der Waals surface area contributed by atoms with E-state index in [0.29, 0.717) is 5.92 Å². The Balaban J connectivity index is 1.98. The van der Waals surface area contributed by atoms with Gasteiger partial charge < -0.3 is 10.2 Å². The van der Waals surface area contributed by atoms with Crippen molar-refractivity contribution in [1.82, 2.24) is 15.3 Å². The van der Waals surface area contributed by atoms with E-state index in [-0.39, 0.29) is 0 Å². The van der Waals surface area contributed by atoms with Crippen molar-refractivity contribution in [1.29, 1.82) is 0 Å². The van der Waals surface area contributed by atoms with Crippen molar-refractivity contribution in [3.63, 3.8) is 0 Å². The highest BCUT2D eigenvalue weighted by Gasteiger charge is 2.22. The van der Waals surface area contributed by atoms with Crippen molar-refractivity contribution in [3.8, 4) is 0 Å². The van der Waals surface area contributed by atoms with Gasteiger partial charge in [-0.05, 0) is 30.7 Å². The van der Waals surface area contributed by atoms with Crippen LogP contribution in [0.15, 0.2) is 12.4 Å². The number of anilines is 1. The first-order valence-electron chi connectivity index (χ1n) is 7.81. The minimum absolute atomic E-state index is 0.662. The summed E-state index contributed by atoms with van der Waals surface area (Å²) >= 11 is 0. The fourth-order valence-electron chi connectivity index (χ4n) is 2.97. The first-order chi connectivity index (χ1) is 9.54. The topological polar surface area (TPSA) is 41.1 Å². The van der Waals surface area contributed by atoms with Crippen molar-refractivity contribution >= 4 is 5.82 Å². The number of rotatable bonds is 5. The second-order valence-electron chi connectivity index (χ2n) is 6.74. The summed E-state index contributed by atoms with van der Waals surface area (Å²) in [5.41, 5.74) is 1.04. The van der Waals surface area contributed by atoms with Gasteiger partial charge in [0, 0.05) is 25.8 Å². The molecule has 4 heteroatoms. The third-order valence-electron chi connectivity index (χ3n) is 3.72. The van der Waals surface area contributed by atoms with E-state index in [1.54, 1.807) is 0 Å². The zero-order chi connectivity index (χ0) is 14.5. The van der Waals surface area contributed by atoms with Crippen LogP contribution in [0.1, 0.15) is 39.8 Å². The fourth-order valence-corrected chi connectivity index (χ4v) is 2.97. The molecule has 0 aromatic carbocycles. The maximum atomic E-state index is 4.76. The van der Waals surface area contributed by atoms with Crippen molar-refractivity contribution in [3.05, 3.63) is 18.1 Å². The van der Waals surface area contributed by atoms with Gasteiger partial charge in [0.05, 0.1) is 11.9 Å². The molecule has 1 saturated heterocycles. The second kappa shape index (κ2) is 7.02. The Kier molecular flexibility index (Phi) is 5.35. The Morgan fingerprint density at radius 3 is 2.60 bits per heavy atom. The molecule has 0 radical (unpaired) electrons. The molecule has 1 aromatic heterocycles. The van der Waals surface area contributed by atoms with Gasteiger partial charge in [-0.25, -0.2) is 4.98 Å². The molecular formula is C16H28N4. The van der Waals surface area contributed by atoms with Gasteiger partial charge in [-0.15, -0.1) is 0 Å². The molecule has 112 valence electrons. The van der Waals surface area contributed by atoms with Crippen molar-refractivity contribution in [2.75, 3.05) is 24.5 Å². The molecule has 0 aliphatic carbocycles. The summed E-state index contributed by atoms with van der Waals surface area (Å²) in [6.45, 7) is 13.1. The molecule has 1 aromatic rings. The van der Waals surface area contributed by atoms with Gasteiger partial charge in [-0.1, -0.05) is 27.7 Å². The fraction of sp³-hybridized carbons (Fsp3) is 0.750. The average Bonchev–Trinajstić information content (AvgIpc) is 2.37. The number of piperidine rings is 1. The monoisotopic (exact) mass is 276 g/mol. The van der Waals surface area contributed by atoms with Crippen LogP contribution in [0.2, 0.25) is 0 Å². The molecule has 1 aliphatic heterocycles. The predicted molar refractivity (Wildman–Crippen MR) is 83.7 cm³/mol. The number of hydrogen-bond acceptors (Lipinski definition) is 4. The van der Waals surface area contributed by atoms with Crippen LogP contribution in [-0.4, -0.2) is 29.6 Å². The van der Waals surface area contributed by atoms with Gasteiger partial charge in [0.2, 0.25) is 0 Å². The maximum Gasteiger partial charge on any atom is 0.147 e. The average molecular weight is 276 g/mol. The van der Waals surface area contributed by atoms with Crippen LogP contribution in [-0.2, 0) is 6.54 Å². The van der Waals surface area contributed by atoms with Crippen LogP contribution in [0.25, 0.3) is 0 Å². The molecule has 0 bridgehead atoms. The Bertz CT molecular complexity index is 409. The van der Waals surface area contributed by atoms with E-state index < -0.39 is 0 Å². The van der Waals surface area contributed by atoms with Crippen LogP contribution >= 0.6 is 0 Å². The number of aromatic nitrogens is 2. The maximum absolute atomic E-state index is 4.76. The summed E-state index contributed by atoms with van der Waals surface area (Å²) in [5.74, 6) is 3.17. The van der Waals surface area contributed by atoms with Crippen molar-refractivity contribution in [2.24, 2.45) is 17.8 Å². The van der Waals surface area contributed by atoms with Crippen LogP contribution in [0.4, 0.5) is 5.82 Å². The molecule has 1 fully saturated rings. The van der Waals surface area contributed by atoms with E-state index in [1.165, 1.54) is 6.42 Å². The van der Waals surface area contributed by atoms with Gasteiger partial charge in [0.1, 0.15) is 5.82 Å². The normalized spacial score (nSPS) is 23.4. The molecule has 2 heterocycles. The van der Waals surface area contributed by atoms with E-state index in [9.17, 15) is 0 Å². The summed E-state index contributed by atoms with van der Waals surface area (Å²) in [4.78, 5) is 11.5. The lowest BCUT2D eigenvalue weighted by atomic mass is 9.92. The van der Waals surface area contributed by atoms with Gasteiger partial charge in [-0.2, -0.15) is 0 Å². The summed E-state index contributed by atoms with van der Waals surface area (Å²) in [7, 11) is 0. The molecule has 20 heavy (non-hydrogen) atoms. The van der Waals surface area contributed by atoms with Gasteiger partial charge in [-0.3, -0.25) is 4.98 Å². The largest absolute Gasteiger partial charge is 0.355 e. The Morgan fingerprint density at radius 1 is 1.25 bits per heavy atom. The third kappa shape index (κ3) is 4.44. The lowest BCUT2D eigenvalue weighted by Crippen LogP contribution is -2.39. The van der Waals surface area contributed by atoms with Crippen LogP contribution in [0, 0.1) is 17.8 Å². The molecule has 4 nitrogen and oxygen atoms in total. The second-order valence-corrected chi connectivity index (χ2v) is 6.74. The lowest BCUT2D eigenvalue weighted by Gasteiger charge is -2.35. The Labute approximate surface area is 123 Å². The number of nitrogens with zero attached hydrogens (tertiary/aromatic N) is 3. The van der Waals surface area contributed by atoms with E-state index in [1.807, 2.05) is 12.4 Å². The van der Waals surface area contributed by atoms with Gasteiger partial charge in [0.15, 0.2) is 0 Å². The van der Waals surface area contributed by atoms with E-state index in [2.05, 4.69) is 42.9 Å². The molecular weight excluding hydrogens is 248 g/mol. The van der Waals surface area contributed by atoms with Crippen molar-refractivity contribution < 1.29 is 0 Å². The number of hydrogen-bond donors (Lipinski definition) is 1. The minimum atomic E-state index is 0.662. The molecule has 0 saturated carbocycles. The summed E-state index contributed by atoms with van der Waals surface area (Å²) in [5, 5.41) is 3.43. The quantitative estimate of drug-likeness (QED) is 0.898. The van der Waals surface area contributed by atoms with Crippen LogP contribution in [0.5, 0.6) is 0 Å². The predicted octanol–water partition coefficient (Wildman–Crippen LogP) is 2.70. The molecule has 2 rings (SSSR count). The van der Waals surface area contributed by atoms with Crippen LogP contribution in [0.3, 0.4) is 0 Å². The highest BCUT2D eigenvalue weighted by molar-refractivity contribution is 5.37. The first kappa shape index (κ1) is 15.2. The van der Waals surface area contributed by atoms with Gasteiger partial charge >= 0.3 is 0 Å². The molecule has 2 unspecified atom stereocenters. The smallest absolute Gasteiger partial charge is 0.147 e. The van der Waals surface area contributed by atoms with E-state index >= 15 is 0 Å². The molecule has 0 amide bonds. The molecule has 0 spiro atoms. The minimum Gasteiger partial charge on any atom is -0.355 e. The van der Waals surface area contributed by atoms with Crippen molar-refractivity contribution in [2.45, 2.75) is 40.7 Å². The van der Waals surface area contributed by atoms with E-state index in [0.717, 1.165) is 49.5 Å². The standard InChI is InChI=1S/C16H28N4/c1-12(2)6-17-7-15-8-18-9-16(19-15)20-10-13(3)5-14(4)11-20/h8-9,12-14,17H,5-7,10-11H2,1-4H3. The van der Waals surface area contributed by atoms with Gasteiger partial charge in [0.25, 0.3) is 0 Å². The zero-order valence-corrected chi connectivity index (χ0v) is 13.3.